The third-order valence-corrected chi connectivity index (χ3v) is 4.62. The van der Waals surface area contributed by atoms with Crippen LogP contribution in [-0.2, 0) is 9.53 Å². The summed E-state index contributed by atoms with van der Waals surface area (Å²) in [6, 6.07) is 5.28. The number of hydrogen-bond acceptors (Lipinski definition) is 4. The fraction of sp³-hybridized carbons (Fsp3) is 0.533. The van der Waals surface area contributed by atoms with Gasteiger partial charge in [0.2, 0.25) is 5.91 Å². The van der Waals surface area contributed by atoms with Crippen LogP contribution in [0.3, 0.4) is 0 Å². The van der Waals surface area contributed by atoms with Gasteiger partial charge in [0, 0.05) is 30.3 Å². The average Bonchev–Trinajstić information content (AvgIpc) is 2.90. The first kappa shape index (κ1) is 17.3. The molecule has 0 aromatic heterocycles. The largest absolute Gasteiger partial charge is 0.491 e. The van der Waals surface area contributed by atoms with E-state index in [0.717, 1.165) is 11.3 Å². The Morgan fingerprint density at radius 1 is 1.41 bits per heavy atom. The lowest BCUT2D eigenvalue weighted by Gasteiger charge is -2.35. The Bertz CT molecular complexity index is 548. The lowest BCUT2D eigenvalue weighted by atomic mass is 9.79. The number of ether oxygens (including phenoxy) is 2. The molecule has 5 nitrogen and oxygen atoms in total. The number of nitrogens with one attached hydrogen (secondary N) is 1. The van der Waals surface area contributed by atoms with Crippen molar-refractivity contribution in [1.29, 1.82) is 0 Å². The van der Waals surface area contributed by atoms with Crippen molar-refractivity contribution in [2.45, 2.75) is 18.9 Å². The molecule has 2 aliphatic rings. The fourth-order valence-electron chi connectivity index (χ4n) is 2.90. The Kier molecular flexibility index (Phi) is 5.55. The standard InChI is InChI=1S/C15H19ClN2O3.ClH/c16-10-1-2-13-11(7-10)12(8-21-13)18-14(19)15(9-17)3-5-20-6-4-15;/h1-2,7,12H,3-6,8-9,17H2,(H,18,19);1H. The van der Waals surface area contributed by atoms with E-state index >= 15 is 0 Å². The summed E-state index contributed by atoms with van der Waals surface area (Å²) in [5.41, 5.74) is 6.26. The van der Waals surface area contributed by atoms with E-state index in [1.807, 2.05) is 12.1 Å². The minimum absolute atomic E-state index is 0. The van der Waals surface area contributed by atoms with E-state index < -0.39 is 5.41 Å². The zero-order valence-corrected chi connectivity index (χ0v) is 13.7. The predicted molar refractivity (Wildman–Crippen MR) is 86.6 cm³/mol. The van der Waals surface area contributed by atoms with Crippen LogP contribution in [0.4, 0.5) is 0 Å². The van der Waals surface area contributed by atoms with Crippen LogP contribution in [0.5, 0.6) is 5.75 Å². The van der Waals surface area contributed by atoms with Gasteiger partial charge in [0.05, 0.1) is 11.5 Å². The predicted octanol–water partition coefficient (Wildman–Crippen LogP) is 2.07. The molecule has 1 aromatic carbocycles. The molecule has 1 amide bonds. The van der Waals surface area contributed by atoms with Gasteiger partial charge in [0.25, 0.3) is 0 Å². The van der Waals surface area contributed by atoms with Gasteiger partial charge < -0.3 is 20.5 Å². The highest BCUT2D eigenvalue weighted by atomic mass is 35.5. The minimum Gasteiger partial charge on any atom is -0.491 e. The zero-order chi connectivity index (χ0) is 14.9. The Morgan fingerprint density at radius 2 is 2.14 bits per heavy atom. The highest BCUT2D eigenvalue weighted by Crippen LogP contribution is 2.36. The van der Waals surface area contributed by atoms with E-state index in [-0.39, 0.29) is 24.4 Å². The van der Waals surface area contributed by atoms with E-state index in [9.17, 15) is 4.79 Å². The molecule has 1 saturated heterocycles. The number of hydrogen-bond donors (Lipinski definition) is 2. The van der Waals surface area contributed by atoms with E-state index in [2.05, 4.69) is 5.32 Å². The van der Waals surface area contributed by atoms with Crippen LogP contribution in [0.25, 0.3) is 0 Å². The first-order valence-corrected chi connectivity index (χ1v) is 7.53. The molecule has 0 spiro atoms. The molecule has 3 N–H and O–H groups in total. The summed E-state index contributed by atoms with van der Waals surface area (Å²) >= 11 is 6.02. The van der Waals surface area contributed by atoms with Gasteiger partial charge in [-0.1, -0.05) is 11.6 Å². The molecule has 2 aliphatic heterocycles. The van der Waals surface area contributed by atoms with Crippen molar-refractivity contribution in [2.24, 2.45) is 11.1 Å². The summed E-state index contributed by atoms with van der Waals surface area (Å²) in [6.45, 7) is 1.92. The summed E-state index contributed by atoms with van der Waals surface area (Å²) in [4.78, 5) is 12.7. The lowest BCUT2D eigenvalue weighted by Crippen LogP contribution is -2.50. The van der Waals surface area contributed by atoms with E-state index in [0.29, 0.717) is 44.2 Å². The normalized spacial score (nSPS) is 22.2. The number of carbonyl (C=O) groups excluding carboxylic acids is 1. The molecule has 0 bridgehead atoms. The Labute approximate surface area is 140 Å². The van der Waals surface area contributed by atoms with E-state index in [1.165, 1.54) is 0 Å². The lowest BCUT2D eigenvalue weighted by molar-refractivity contribution is -0.136. The van der Waals surface area contributed by atoms with Crippen LogP contribution in [0.2, 0.25) is 5.02 Å². The van der Waals surface area contributed by atoms with Crippen LogP contribution < -0.4 is 15.8 Å². The van der Waals surface area contributed by atoms with Crippen molar-refractivity contribution >= 4 is 29.9 Å². The number of nitrogens with two attached hydrogens (primary N) is 1. The van der Waals surface area contributed by atoms with Crippen LogP contribution in [0.1, 0.15) is 24.4 Å². The number of benzene rings is 1. The van der Waals surface area contributed by atoms with Gasteiger partial charge in [-0.05, 0) is 31.0 Å². The second-order valence-corrected chi connectivity index (χ2v) is 6.05. The molecule has 1 unspecified atom stereocenters. The van der Waals surface area contributed by atoms with Gasteiger partial charge in [-0.25, -0.2) is 0 Å². The number of carbonyl (C=O) groups is 1. The maximum Gasteiger partial charge on any atom is 0.228 e. The maximum atomic E-state index is 12.7. The molecular formula is C15H20Cl2N2O3. The molecule has 0 aliphatic carbocycles. The molecular weight excluding hydrogens is 327 g/mol. The summed E-state index contributed by atoms with van der Waals surface area (Å²) in [5, 5.41) is 3.70. The SMILES string of the molecule is Cl.NCC1(C(=O)NC2COc3ccc(Cl)cc32)CCOCC1. The highest BCUT2D eigenvalue weighted by Gasteiger charge is 2.40. The van der Waals surface area contributed by atoms with Crippen molar-refractivity contribution in [2.75, 3.05) is 26.4 Å². The molecule has 1 aromatic rings. The van der Waals surface area contributed by atoms with Crippen LogP contribution in [0, 0.1) is 5.41 Å². The molecule has 3 rings (SSSR count). The Hall–Kier alpha value is -1.01. The van der Waals surface area contributed by atoms with Crippen molar-refractivity contribution in [3.8, 4) is 5.75 Å². The van der Waals surface area contributed by atoms with Gasteiger partial charge in [-0.3, -0.25) is 4.79 Å². The van der Waals surface area contributed by atoms with Crippen LogP contribution >= 0.6 is 24.0 Å². The summed E-state index contributed by atoms with van der Waals surface area (Å²) in [6.07, 6.45) is 1.32. The van der Waals surface area contributed by atoms with Gasteiger partial charge in [0.1, 0.15) is 12.4 Å². The van der Waals surface area contributed by atoms with Gasteiger partial charge in [-0.2, -0.15) is 0 Å². The number of rotatable bonds is 3. The third-order valence-electron chi connectivity index (χ3n) is 4.38. The average molecular weight is 347 g/mol. The summed E-state index contributed by atoms with van der Waals surface area (Å²) < 4.78 is 10.9. The smallest absolute Gasteiger partial charge is 0.228 e. The number of fused-ring (bicyclic) bond motifs is 1. The van der Waals surface area contributed by atoms with E-state index in [1.54, 1.807) is 6.07 Å². The molecule has 0 radical (unpaired) electrons. The third kappa shape index (κ3) is 3.18. The second kappa shape index (κ2) is 7.04. The zero-order valence-electron chi connectivity index (χ0n) is 12.1. The van der Waals surface area contributed by atoms with Crippen LogP contribution in [-0.4, -0.2) is 32.3 Å². The first-order chi connectivity index (χ1) is 10.1. The van der Waals surface area contributed by atoms with Gasteiger partial charge in [0.15, 0.2) is 0 Å². The summed E-state index contributed by atoms with van der Waals surface area (Å²) in [7, 11) is 0. The van der Waals surface area contributed by atoms with Gasteiger partial charge in [-0.15, -0.1) is 12.4 Å². The molecule has 2 heterocycles. The van der Waals surface area contributed by atoms with E-state index in [4.69, 9.17) is 26.8 Å². The fourth-order valence-corrected chi connectivity index (χ4v) is 3.08. The summed E-state index contributed by atoms with van der Waals surface area (Å²) in [5.74, 6) is 0.758. The number of amides is 1. The molecule has 1 atom stereocenters. The maximum absolute atomic E-state index is 12.7. The Morgan fingerprint density at radius 3 is 2.82 bits per heavy atom. The monoisotopic (exact) mass is 346 g/mol. The molecule has 0 saturated carbocycles. The molecule has 22 heavy (non-hydrogen) atoms. The molecule has 1 fully saturated rings. The quantitative estimate of drug-likeness (QED) is 0.878. The van der Waals surface area contributed by atoms with Crippen molar-refractivity contribution < 1.29 is 14.3 Å². The van der Waals surface area contributed by atoms with Crippen LogP contribution in [0.15, 0.2) is 18.2 Å². The molecule has 122 valence electrons. The Balaban J connectivity index is 0.00000176. The second-order valence-electron chi connectivity index (χ2n) is 5.62. The van der Waals surface area contributed by atoms with Crippen molar-refractivity contribution in [3.05, 3.63) is 28.8 Å². The topological polar surface area (TPSA) is 73.6 Å². The van der Waals surface area contributed by atoms with Crippen molar-refractivity contribution in [1.82, 2.24) is 5.32 Å². The van der Waals surface area contributed by atoms with Gasteiger partial charge >= 0.3 is 0 Å². The minimum atomic E-state index is -0.528. The van der Waals surface area contributed by atoms with Crippen molar-refractivity contribution in [3.63, 3.8) is 0 Å². The highest BCUT2D eigenvalue weighted by molar-refractivity contribution is 6.30. The first-order valence-electron chi connectivity index (χ1n) is 7.16. The number of halogens is 2. The molecule has 7 heteroatoms.